The van der Waals surface area contributed by atoms with Gasteiger partial charge in [-0.3, -0.25) is 23.2 Å². The minimum Gasteiger partial charge on any atom is -0.387 e. The first-order valence-corrected chi connectivity index (χ1v) is 16.7. The number of hydrogen-bond acceptors (Lipinski definition) is 15. The second-order valence-electron chi connectivity index (χ2n) is 11.7. The molecular weight excluding hydrogens is 621 g/mol. The fourth-order valence-electron chi connectivity index (χ4n) is 3.74. The molecule has 0 amide bonds. The molecule has 0 bridgehead atoms. The molecule has 2 aromatic heterocycles. The van der Waals surface area contributed by atoms with Gasteiger partial charge in [-0.1, -0.05) is 65.1 Å². The van der Waals surface area contributed by atoms with Gasteiger partial charge in [0, 0.05) is 22.3 Å². The Morgan fingerprint density at radius 2 is 1.72 bits per heavy atom. The molecule has 1 fully saturated rings. The van der Waals surface area contributed by atoms with E-state index in [0.717, 1.165) is 34.4 Å². The highest BCUT2D eigenvalue weighted by Gasteiger charge is 2.58. The first-order valence-electron chi connectivity index (χ1n) is 13.8. The van der Waals surface area contributed by atoms with Crippen molar-refractivity contribution >= 4 is 52.9 Å². The van der Waals surface area contributed by atoms with E-state index in [4.69, 9.17) is 25.4 Å². The van der Waals surface area contributed by atoms with Crippen LogP contribution in [0.1, 0.15) is 48.6 Å². The number of phosphoric ester groups is 1. The zero-order valence-corrected chi connectivity index (χ0v) is 27.3. The van der Waals surface area contributed by atoms with E-state index in [2.05, 4.69) is 10.1 Å². The fraction of sp³-hybridized carbons (Fsp3) is 0.654. The minimum atomic E-state index is -4.36. The highest BCUT2D eigenvalue weighted by Crippen LogP contribution is 2.51. The average Bonchev–Trinajstić information content (AvgIpc) is 3.41. The Kier molecular flexibility index (Phi) is 11.0. The summed E-state index contributed by atoms with van der Waals surface area (Å²) in [6.45, 7) is 9.57. The molecule has 0 aliphatic carbocycles. The van der Waals surface area contributed by atoms with Crippen molar-refractivity contribution in [3.8, 4) is 6.07 Å². The molecule has 0 unspecified atom stereocenters. The van der Waals surface area contributed by atoms with Crippen LogP contribution in [0.25, 0.3) is 5.52 Å². The molecule has 43 heavy (non-hydrogen) atoms. The number of aromatic nitrogens is 3. The molecule has 0 radical (unpaired) electrons. The van der Waals surface area contributed by atoms with Crippen LogP contribution in [0.15, 0.2) is 18.4 Å². The molecule has 2 aromatic rings. The first-order chi connectivity index (χ1) is 20.4. The lowest BCUT2D eigenvalue weighted by Gasteiger charge is -2.24. The molecule has 4 N–H and O–H groups in total. The average molecular weight is 661 g/mol. The maximum Gasteiger partial charge on any atom is 0.474 e. The third kappa shape index (κ3) is 8.36. The second kappa shape index (κ2) is 13.9. The van der Waals surface area contributed by atoms with Crippen LogP contribution < -0.4 is 5.73 Å². The van der Waals surface area contributed by atoms with Gasteiger partial charge in [0.15, 0.2) is 16.0 Å². The van der Waals surface area contributed by atoms with Crippen molar-refractivity contribution in [3.05, 3.63) is 24.1 Å². The van der Waals surface area contributed by atoms with Crippen molar-refractivity contribution < 1.29 is 44.0 Å². The first kappa shape index (κ1) is 33.8. The molecule has 4 atom stereocenters. The lowest BCUT2D eigenvalue weighted by molar-refractivity contribution is -0.118. The number of aliphatic hydroxyl groups excluding tert-OH is 2. The van der Waals surface area contributed by atoms with Gasteiger partial charge in [0.2, 0.25) is 5.60 Å². The van der Waals surface area contributed by atoms with Crippen molar-refractivity contribution in [3.63, 3.8) is 0 Å². The van der Waals surface area contributed by atoms with Gasteiger partial charge in [-0.25, -0.2) is 14.1 Å². The number of rotatable bonds is 12. The van der Waals surface area contributed by atoms with Gasteiger partial charge < -0.3 is 20.7 Å². The van der Waals surface area contributed by atoms with E-state index in [1.807, 2.05) is 6.07 Å². The molecule has 1 aliphatic rings. The van der Waals surface area contributed by atoms with Gasteiger partial charge in [0.1, 0.15) is 36.2 Å². The van der Waals surface area contributed by atoms with Crippen molar-refractivity contribution in [2.75, 3.05) is 37.1 Å². The Hall–Kier alpha value is -2.06. The largest absolute Gasteiger partial charge is 0.474 e. The molecule has 1 aliphatic heterocycles. The number of nitrogen functional groups attached to an aromatic ring is 1. The summed E-state index contributed by atoms with van der Waals surface area (Å²) in [5.41, 5.74) is 2.46. The lowest BCUT2D eigenvalue weighted by atomic mass is 9.92. The number of carbonyl (C=O) groups excluding carboxylic acids is 2. The third-order valence-corrected chi connectivity index (χ3v) is 10.1. The number of fused-ring (bicyclic) bond motifs is 1. The summed E-state index contributed by atoms with van der Waals surface area (Å²) in [7, 11) is -4.36. The number of anilines is 1. The number of aliphatic hydroxyl groups is 2. The van der Waals surface area contributed by atoms with E-state index in [-0.39, 0.29) is 58.0 Å². The minimum absolute atomic E-state index is 0.0442. The van der Waals surface area contributed by atoms with Crippen molar-refractivity contribution in [2.24, 2.45) is 10.8 Å². The van der Waals surface area contributed by atoms with E-state index >= 15 is 0 Å². The van der Waals surface area contributed by atoms with Gasteiger partial charge in [0.25, 0.3) is 0 Å². The fourth-order valence-corrected chi connectivity index (χ4v) is 6.74. The molecule has 1 saturated heterocycles. The van der Waals surface area contributed by atoms with Crippen molar-refractivity contribution in [1.29, 1.82) is 5.26 Å². The van der Waals surface area contributed by atoms with Crippen LogP contribution in [0.2, 0.25) is 0 Å². The van der Waals surface area contributed by atoms with E-state index in [1.54, 1.807) is 41.5 Å². The smallest absolute Gasteiger partial charge is 0.387 e. The van der Waals surface area contributed by atoms with Crippen LogP contribution in [0.3, 0.4) is 0 Å². The topological polar surface area (TPSA) is 209 Å². The third-order valence-electron chi connectivity index (χ3n) is 6.15. The number of ether oxygens (including phenoxy) is 1. The predicted octanol–water partition coefficient (Wildman–Crippen LogP) is 2.92. The summed E-state index contributed by atoms with van der Waals surface area (Å²) in [6.07, 6.45) is -3.85. The molecule has 3 rings (SSSR count). The standard InChI is InChI=1S/C26H38N5O9PS2/c1-24(2,3)22(34)42-11-9-37-41(36,38-10-12-43-23(35)25(4,5)6)39-13-17-19(32)20(33)26(14-27,40-17)18-8-7-16-21(28)29-15-30-31(16)18/h7-8,15,17,19-20,32-33H,9-13H2,1-6H3,(H2,28,29,30)/t17-,19-,20-,26+/m1/s1/i7D. The highest BCUT2D eigenvalue weighted by atomic mass is 32.2. The second-order valence-corrected chi connectivity index (χ2v) is 15.5. The molecule has 0 saturated carbocycles. The lowest BCUT2D eigenvalue weighted by Crippen LogP contribution is -2.41. The maximum absolute atomic E-state index is 13.6. The van der Waals surface area contributed by atoms with Gasteiger partial charge in [-0.2, -0.15) is 10.4 Å². The summed E-state index contributed by atoms with van der Waals surface area (Å²) in [5, 5.41) is 35.8. The predicted molar refractivity (Wildman–Crippen MR) is 161 cm³/mol. The molecule has 0 spiro atoms. The van der Waals surface area contributed by atoms with Crippen LogP contribution in [0, 0.1) is 22.2 Å². The summed E-state index contributed by atoms with van der Waals surface area (Å²) in [5.74, 6) is 0.243. The quantitative estimate of drug-likeness (QED) is 0.221. The Morgan fingerprint density at radius 1 is 1.16 bits per heavy atom. The molecular formula is C26H38N5O9PS2. The van der Waals surface area contributed by atoms with E-state index < -0.39 is 49.2 Å². The Balaban J connectivity index is 1.75. The number of phosphoric acid groups is 1. The van der Waals surface area contributed by atoms with E-state index in [0.29, 0.717) is 0 Å². The zero-order chi connectivity index (χ0) is 33.1. The van der Waals surface area contributed by atoms with Crippen LogP contribution >= 0.6 is 31.3 Å². The summed E-state index contributed by atoms with van der Waals surface area (Å²) < 4.78 is 45.2. The van der Waals surface area contributed by atoms with Gasteiger partial charge in [-0.05, 0) is 12.1 Å². The Bertz CT molecular complexity index is 1420. The van der Waals surface area contributed by atoms with Crippen LogP contribution in [0.5, 0.6) is 0 Å². The molecule has 17 heteroatoms. The maximum atomic E-state index is 13.6. The van der Waals surface area contributed by atoms with E-state index in [1.165, 1.54) is 6.07 Å². The summed E-state index contributed by atoms with van der Waals surface area (Å²) in [4.78, 5) is 28.3. The Morgan fingerprint density at radius 3 is 2.23 bits per heavy atom. The van der Waals surface area contributed by atoms with Crippen LogP contribution in [0.4, 0.5) is 5.82 Å². The molecule has 0 aromatic carbocycles. The number of carbonyl (C=O) groups is 2. The highest BCUT2D eigenvalue weighted by molar-refractivity contribution is 8.14. The molecule has 14 nitrogen and oxygen atoms in total. The molecule has 3 heterocycles. The number of hydrogen-bond donors (Lipinski definition) is 3. The summed E-state index contributed by atoms with van der Waals surface area (Å²) in [6, 6.07) is 2.93. The number of nitrogens with zero attached hydrogens (tertiary/aromatic N) is 4. The number of nitrogens with two attached hydrogens (primary N) is 1. The van der Waals surface area contributed by atoms with Crippen molar-refractivity contribution in [1.82, 2.24) is 14.6 Å². The number of nitriles is 1. The normalized spacial score (nSPS) is 23.3. The van der Waals surface area contributed by atoms with Gasteiger partial charge in [0.05, 0.1) is 26.9 Å². The SMILES string of the molecule is [2H]c1cc([C@]2(C#N)O[C@H](COP(=O)(OCCSC(=O)C(C)(C)C)OCCSC(=O)C(C)(C)C)[C@@H](O)[C@H]2O)n2ncnc(N)c12. The zero-order valence-electron chi connectivity index (χ0n) is 25.8. The van der Waals surface area contributed by atoms with Crippen molar-refractivity contribution in [2.45, 2.75) is 65.5 Å². The summed E-state index contributed by atoms with van der Waals surface area (Å²) >= 11 is 1.98. The monoisotopic (exact) mass is 660 g/mol. The van der Waals surface area contributed by atoms with Crippen LogP contribution in [-0.4, -0.2) is 84.7 Å². The van der Waals surface area contributed by atoms with Crippen LogP contribution in [-0.2, 0) is 38.1 Å². The van der Waals surface area contributed by atoms with Gasteiger partial charge >= 0.3 is 7.82 Å². The Labute approximate surface area is 260 Å². The van der Waals surface area contributed by atoms with Gasteiger partial charge in [-0.15, -0.1) is 0 Å². The molecule has 238 valence electrons. The number of thioether (sulfide) groups is 2. The van der Waals surface area contributed by atoms with E-state index in [9.17, 15) is 29.6 Å².